The zero-order valence-electron chi connectivity index (χ0n) is 15.1. The monoisotopic (exact) mass is 343 g/mol. The molecular formula is C20H29N3O2. The van der Waals surface area contributed by atoms with E-state index in [1.165, 1.54) is 24.5 Å². The highest BCUT2D eigenvalue weighted by atomic mass is 16.2. The van der Waals surface area contributed by atoms with E-state index < -0.39 is 0 Å². The minimum atomic E-state index is -0.00454. The fourth-order valence-corrected chi connectivity index (χ4v) is 4.43. The molecular weight excluding hydrogens is 314 g/mol. The van der Waals surface area contributed by atoms with Crippen LogP contribution in [0.4, 0.5) is 0 Å². The number of carbonyl (C=O) groups is 2. The van der Waals surface area contributed by atoms with Crippen LogP contribution in [0.15, 0.2) is 24.3 Å². The summed E-state index contributed by atoms with van der Waals surface area (Å²) in [5, 5.41) is 3.74. The molecule has 5 heteroatoms. The molecule has 25 heavy (non-hydrogen) atoms. The maximum absolute atomic E-state index is 13.0. The normalized spacial score (nSPS) is 33.0. The van der Waals surface area contributed by atoms with Gasteiger partial charge in [0.25, 0.3) is 0 Å². The molecule has 1 N–H and O–H groups in total. The third-order valence-electron chi connectivity index (χ3n) is 6.19. The summed E-state index contributed by atoms with van der Waals surface area (Å²) in [5.41, 5.74) is 1.35. The molecule has 2 amide bonds. The van der Waals surface area contributed by atoms with Crippen molar-refractivity contribution in [2.75, 3.05) is 19.6 Å². The number of rotatable bonds is 4. The van der Waals surface area contributed by atoms with Gasteiger partial charge in [0.1, 0.15) is 0 Å². The smallest absolute Gasteiger partial charge is 0.246 e. The first-order valence-electron chi connectivity index (χ1n) is 9.76. The molecule has 2 aliphatic heterocycles. The van der Waals surface area contributed by atoms with E-state index in [4.69, 9.17) is 0 Å². The van der Waals surface area contributed by atoms with E-state index in [9.17, 15) is 9.59 Å². The number of carbonyl (C=O) groups excluding carboxylic acids is 2. The Labute approximate surface area is 150 Å². The number of nitrogens with one attached hydrogen (secondary N) is 1. The molecule has 2 aliphatic carbocycles. The van der Waals surface area contributed by atoms with Gasteiger partial charge in [-0.25, -0.2) is 0 Å². The van der Waals surface area contributed by atoms with Crippen molar-refractivity contribution in [3.63, 3.8) is 0 Å². The van der Waals surface area contributed by atoms with E-state index in [0.717, 1.165) is 32.4 Å². The lowest BCUT2D eigenvalue weighted by Gasteiger charge is -2.48. The van der Waals surface area contributed by atoms with Gasteiger partial charge in [0.2, 0.25) is 11.8 Å². The number of hydrogen-bond acceptors (Lipinski definition) is 3. The Kier molecular flexibility index (Phi) is 4.44. The average Bonchev–Trinajstić information content (AvgIpc) is 3.52. The second kappa shape index (κ2) is 6.60. The zero-order chi connectivity index (χ0) is 17.6. The summed E-state index contributed by atoms with van der Waals surface area (Å²) in [6.45, 7) is 8.00. The third-order valence-corrected chi connectivity index (χ3v) is 6.19. The molecule has 0 aromatic heterocycles. The lowest BCUT2D eigenvalue weighted by molar-refractivity contribution is -0.139. The summed E-state index contributed by atoms with van der Waals surface area (Å²) in [5.74, 6) is 1.30. The van der Waals surface area contributed by atoms with Gasteiger partial charge in [-0.2, -0.15) is 0 Å². The van der Waals surface area contributed by atoms with E-state index in [-0.39, 0.29) is 23.9 Å². The van der Waals surface area contributed by atoms with Crippen LogP contribution in [0.1, 0.15) is 39.0 Å². The molecule has 2 saturated carbocycles. The zero-order valence-corrected chi connectivity index (χ0v) is 15.1. The molecule has 0 bridgehead atoms. The maximum atomic E-state index is 13.0. The van der Waals surface area contributed by atoms with E-state index in [0.29, 0.717) is 24.4 Å². The Hall–Kier alpha value is -1.62. The lowest BCUT2D eigenvalue weighted by atomic mass is 9.86. The van der Waals surface area contributed by atoms with Crippen molar-refractivity contribution < 1.29 is 9.59 Å². The molecule has 136 valence electrons. The molecule has 3 fully saturated rings. The van der Waals surface area contributed by atoms with Gasteiger partial charge in [-0.05, 0) is 56.6 Å². The van der Waals surface area contributed by atoms with Gasteiger partial charge >= 0.3 is 0 Å². The molecule has 0 spiro atoms. The Morgan fingerprint density at radius 1 is 1.28 bits per heavy atom. The maximum Gasteiger partial charge on any atom is 0.246 e. The van der Waals surface area contributed by atoms with Crippen LogP contribution < -0.4 is 5.32 Å². The lowest BCUT2D eigenvalue weighted by Crippen LogP contribution is -2.65. The predicted octanol–water partition coefficient (Wildman–Crippen LogP) is 1.71. The first-order chi connectivity index (χ1) is 12.1. The number of nitrogens with zero attached hydrogens (tertiary/aromatic N) is 2. The highest BCUT2D eigenvalue weighted by Gasteiger charge is 2.48. The van der Waals surface area contributed by atoms with Crippen LogP contribution in [-0.4, -0.2) is 59.4 Å². The van der Waals surface area contributed by atoms with Crippen LogP contribution >= 0.6 is 0 Å². The molecule has 4 rings (SSSR count). The molecule has 2 heterocycles. The SMILES string of the molecule is C=CC(=O)N1CC=C(C2C(C3CC3)NCC(C)N2C(=O)C2CC2)CC1. The Morgan fingerprint density at radius 2 is 2.04 bits per heavy atom. The third kappa shape index (κ3) is 3.26. The van der Waals surface area contributed by atoms with E-state index >= 15 is 0 Å². The van der Waals surface area contributed by atoms with Gasteiger partial charge in [0.05, 0.1) is 6.04 Å². The van der Waals surface area contributed by atoms with Gasteiger partial charge in [-0.15, -0.1) is 0 Å². The van der Waals surface area contributed by atoms with Gasteiger partial charge < -0.3 is 15.1 Å². The molecule has 5 nitrogen and oxygen atoms in total. The quantitative estimate of drug-likeness (QED) is 0.624. The van der Waals surface area contributed by atoms with Gasteiger partial charge in [0, 0.05) is 37.6 Å². The highest BCUT2D eigenvalue weighted by Crippen LogP contribution is 2.42. The molecule has 0 aromatic carbocycles. The number of amides is 2. The summed E-state index contributed by atoms with van der Waals surface area (Å²) in [6.07, 6.45) is 9.08. The standard InChI is InChI=1S/C20H29N3O2/c1-3-17(24)22-10-8-15(9-11-22)19-18(14-4-5-14)21-12-13(2)23(19)20(25)16-6-7-16/h3,8,13-14,16,18-19,21H,1,4-7,9-12H2,2H3. The van der Waals surface area contributed by atoms with Gasteiger partial charge in [-0.3, -0.25) is 9.59 Å². The van der Waals surface area contributed by atoms with Crippen LogP contribution in [0.5, 0.6) is 0 Å². The van der Waals surface area contributed by atoms with Crippen LogP contribution in [0.2, 0.25) is 0 Å². The Bertz CT molecular complexity index is 606. The molecule has 1 saturated heterocycles. The minimum Gasteiger partial charge on any atom is -0.335 e. The van der Waals surface area contributed by atoms with Gasteiger partial charge in [-0.1, -0.05) is 12.7 Å². The Balaban J connectivity index is 1.59. The number of hydrogen-bond donors (Lipinski definition) is 1. The van der Waals surface area contributed by atoms with Crippen molar-refractivity contribution in [2.45, 2.75) is 57.2 Å². The summed E-state index contributed by atoms with van der Waals surface area (Å²) in [4.78, 5) is 28.9. The average molecular weight is 343 g/mol. The van der Waals surface area contributed by atoms with Crippen molar-refractivity contribution in [2.24, 2.45) is 11.8 Å². The first-order valence-corrected chi connectivity index (χ1v) is 9.76. The van der Waals surface area contributed by atoms with Crippen LogP contribution in [-0.2, 0) is 9.59 Å². The first kappa shape index (κ1) is 16.8. The summed E-state index contributed by atoms with van der Waals surface area (Å²) in [7, 11) is 0. The van der Waals surface area contributed by atoms with Gasteiger partial charge in [0.15, 0.2) is 0 Å². The van der Waals surface area contributed by atoms with Crippen LogP contribution in [0.3, 0.4) is 0 Å². The molecule has 0 radical (unpaired) electrons. The highest BCUT2D eigenvalue weighted by molar-refractivity contribution is 5.87. The van der Waals surface area contributed by atoms with Crippen molar-refractivity contribution in [3.05, 3.63) is 24.3 Å². The largest absolute Gasteiger partial charge is 0.335 e. The number of piperazine rings is 1. The molecule has 3 atom stereocenters. The minimum absolute atomic E-state index is 0.00454. The van der Waals surface area contributed by atoms with Crippen molar-refractivity contribution in [3.8, 4) is 0 Å². The second-order valence-corrected chi connectivity index (χ2v) is 8.10. The van der Waals surface area contributed by atoms with Crippen molar-refractivity contribution >= 4 is 11.8 Å². The molecule has 3 unspecified atom stereocenters. The topological polar surface area (TPSA) is 52.7 Å². The van der Waals surface area contributed by atoms with Crippen LogP contribution in [0, 0.1) is 11.8 Å². The summed E-state index contributed by atoms with van der Waals surface area (Å²) in [6, 6.07) is 0.791. The van der Waals surface area contributed by atoms with Crippen molar-refractivity contribution in [1.82, 2.24) is 15.1 Å². The summed E-state index contributed by atoms with van der Waals surface area (Å²) < 4.78 is 0. The fourth-order valence-electron chi connectivity index (χ4n) is 4.43. The molecule has 0 aromatic rings. The fraction of sp³-hybridized carbons (Fsp3) is 0.700. The van der Waals surface area contributed by atoms with Crippen molar-refractivity contribution in [1.29, 1.82) is 0 Å². The van der Waals surface area contributed by atoms with Crippen LogP contribution in [0.25, 0.3) is 0 Å². The summed E-state index contributed by atoms with van der Waals surface area (Å²) >= 11 is 0. The predicted molar refractivity (Wildman–Crippen MR) is 96.8 cm³/mol. The Morgan fingerprint density at radius 3 is 2.60 bits per heavy atom. The van der Waals surface area contributed by atoms with E-state index in [1.54, 1.807) is 0 Å². The second-order valence-electron chi connectivity index (χ2n) is 8.10. The molecule has 4 aliphatic rings. The van der Waals surface area contributed by atoms with E-state index in [2.05, 4.69) is 29.8 Å². The van der Waals surface area contributed by atoms with E-state index in [1.807, 2.05) is 4.90 Å².